The van der Waals surface area contributed by atoms with E-state index in [0.717, 1.165) is 5.75 Å². The third kappa shape index (κ3) is 8.40. The van der Waals surface area contributed by atoms with Crippen LogP contribution in [0, 0.1) is 18.9 Å². The first-order valence-electron chi connectivity index (χ1n) is 9.17. The molecule has 0 aliphatic heterocycles. The Bertz CT molecular complexity index is 689. The summed E-state index contributed by atoms with van der Waals surface area (Å²) in [7, 11) is 1.30. The number of methoxy groups -OCH3 is 1. The van der Waals surface area contributed by atoms with E-state index in [0.29, 0.717) is 5.92 Å². The number of rotatable bonds is 2. The van der Waals surface area contributed by atoms with Crippen LogP contribution in [-0.4, -0.2) is 15.9 Å². The van der Waals surface area contributed by atoms with Crippen molar-refractivity contribution in [2.45, 2.75) is 73.9 Å². The second-order valence-electron chi connectivity index (χ2n) is 8.44. The minimum absolute atomic E-state index is 0. The molecule has 0 N–H and O–H groups in total. The Kier molecular flexibility index (Phi) is 15.6. The molecule has 0 heterocycles. The molecular weight excluding hydrogens is 439 g/mol. The molecule has 0 saturated carbocycles. The van der Waals surface area contributed by atoms with E-state index in [9.17, 15) is 0 Å². The van der Waals surface area contributed by atoms with Crippen LogP contribution in [0.5, 0.6) is 5.75 Å². The van der Waals surface area contributed by atoms with E-state index in [1.165, 1.54) is 33.0 Å². The summed E-state index contributed by atoms with van der Waals surface area (Å²) in [6, 6.07) is 4.54. The van der Waals surface area contributed by atoms with Crippen molar-refractivity contribution in [3.05, 3.63) is 46.1 Å². The van der Waals surface area contributed by atoms with Crippen molar-refractivity contribution in [3.8, 4) is 5.75 Å². The second-order valence-corrected chi connectivity index (χ2v) is 11.0. The minimum Gasteiger partial charge on any atom is -0.497 e. The van der Waals surface area contributed by atoms with Gasteiger partial charge in [0.25, 0.3) is 0 Å². The van der Waals surface area contributed by atoms with Gasteiger partial charge in [-0.1, -0.05) is 78.3 Å². The van der Waals surface area contributed by atoms with Gasteiger partial charge in [0, 0.05) is 21.7 Å². The van der Waals surface area contributed by atoms with Crippen LogP contribution in [0.4, 0.5) is 0 Å². The summed E-state index contributed by atoms with van der Waals surface area (Å²) in [6.07, 6.45) is 3.36. The van der Waals surface area contributed by atoms with E-state index >= 15 is 0 Å². The van der Waals surface area contributed by atoms with E-state index < -0.39 is 8.80 Å². The molecule has 1 aromatic carbocycles. The topological polar surface area (TPSA) is 9.23 Å². The van der Waals surface area contributed by atoms with Crippen molar-refractivity contribution in [2.75, 3.05) is 7.11 Å². The Balaban J connectivity index is -0.000000452. The molecule has 1 aromatic rings. The fraction of sp³-hybridized carbons (Fsp3) is 0.565. The van der Waals surface area contributed by atoms with E-state index in [1.807, 2.05) is 0 Å². The fourth-order valence-electron chi connectivity index (χ4n) is 3.08. The minimum atomic E-state index is -0.483. The standard InChI is InChI=1S/C14H23OSi.C9H13.2ClH.Ti/c1-10-8-11(14(2,3)4)13(15-5)12(9-10)16(6)7;1-6-5-7(2)9(4)8(6)3;;;/h8-9H,1-7H3;6H,1-4H3;2*1H;/q;-1;;;. The predicted octanol–water partition coefficient (Wildman–Crippen LogP) is 6.83. The number of halogens is 2. The van der Waals surface area contributed by atoms with Crippen molar-refractivity contribution >= 4 is 38.8 Å². The first-order chi connectivity index (χ1) is 11.4. The van der Waals surface area contributed by atoms with Gasteiger partial charge in [0.05, 0.1) is 15.9 Å². The van der Waals surface area contributed by atoms with Crippen LogP contribution in [0.25, 0.3) is 0 Å². The molecule has 0 fully saturated rings. The van der Waals surface area contributed by atoms with Gasteiger partial charge in [-0.3, -0.25) is 6.08 Å². The zero-order chi connectivity index (χ0) is 19.5. The Labute approximate surface area is 203 Å². The third-order valence-corrected chi connectivity index (χ3v) is 6.47. The molecule has 1 aliphatic carbocycles. The zero-order valence-corrected chi connectivity index (χ0v) is 23.7. The molecular formula is C23H38Cl2OSiTi-. The van der Waals surface area contributed by atoms with Gasteiger partial charge in [-0.05, 0) is 23.1 Å². The normalized spacial score (nSPS) is 15.6. The van der Waals surface area contributed by atoms with Crippen LogP contribution >= 0.6 is 24.8 Å². The molecule has 28 heavy (non-hydrogen) atoms. The number of ether oxygens (including phenoxy) is 1. The van der Waals surface area contributed by atoms with E-state index in [1.54, 1.807) is 7.11 Å². The number of hydrogen-bond donors (Lipinski definition) is 0. The summed E-state index contributed by atoms with van der Waals surface area (Å²) in [5, 5.41) is 1.41. The summed E-state index contributed by atoms with van der Waals surface area (Å²) >= 11 is 0. The van der Waals surface area contributed by atoms with Gasteiger partial charge in [-0.15, -0.1) is 31.7 Å². The third-order valence-electron chi connectivity index (χ3n) is 5.02. The Morgan fingerprint density at radius 1 is 1.00 bits per heavy atom. The number of allylic oxidation sites excluding steroid dienone is 4. The average molecular weight is 477 g/mol. The summed E-state index contributed by atoms with van der Waals surface area (Å²) in [5.74, 6) is 1.67. The number of hydrogen-bond acceptors (Lipinski definition) is 1. The first-order valence-corrected chi connectivity index (χ1v) is 11.7. The molecule has 1 unspecified atom stereocenters. The van der Waals surface area contributed by atoms with Gasteiger partial charge in [0.2, 0.25) is 0 Å². The molecule has 2 rings (SSSR count). The number of benzene rings is 1. The quantitative estimate of drug-likeness (QED) is 0.335. The SMILES string of the molecule is CC1=[C-]C(C)C(C)=C1C.COc1c([Si](C)C)cc(C)cc1C(C)(C)C.Cl.Cl.[Ti]. The Morgan fingerprint density at radius 2 is 1.50 bits per heavy atom. The summed E-state index contributed by atoms with van der Waals surface area (Å²) in [6.45, 7) is 22.2. The molecule has 1 nitrogen and oxygen atoms in total. The molecule has 0 spiro atoms. The van der Waals surface area contributed by atoms with Gasteiger partial charge in [0.15, 0.2) is 0 Å². The van der Waals surface area contributed by atoms with Crippen molar-refractivity contribution in [1.82, 2.24) is 0 Å². The monoisotopic (exact) mass is 476 g/mol. The average Bonchev–Trinajstić information content (AvgIpc) is 2.72. The zero-order valence-electron chi connectivity index (χ0n) is 19.5. The fourth-order valence-corrected chi connectivity index (χ4v) is 4.29. The summed E-state index contributed by atoms with van der Waals surface area (Å²) in [5.41, 5.74) is 7.06. The Morgan fingerprint density at radius 3 is 1.75 bits per heavy atom. The van der Waals surface area contributed by atoms with Crippen LogP contribution in [0.15, 0.2) is 28.9 Å². The van der Waals surface area contributed by atoms with Crippen LogP contribution in [0.1, 0.15) is 59.6 Å². The van der Waals surface area contributed by atoms with Crippen molar-refractivity contribution < 1.29 is 26.5 Å². The maximum atomic E-state index is 5.64. The van der Waals surface area contributed by atoms with Gasteiger partial charge in [0.1, 0.15) is 5.75 Å². The molecule has 1 atom stereocenters. The first kappa shape index (κ1) is 32.7. The molecule has 159 valence electrons. The van der Waals surface area contributed by atoms with Crippen LogP contribution in [0.3, 0.4) is 0 Å². The van der Waals surface area contributed by atoms with E-state index in [4.69, 9.17) is 4.74 Å². The molecule has 1 radical (unpaired) electrons. The van der Waals surface area contributed by atoms with Crippen LogP contribution < -0.4 is 9.92 Å². The summed E-state index contributed by atoms with van der Waals surface area (Å²) < 4.78 is 5.64. The Hall–Kier alpha value is 0.0112. The van der Waals surface area contributed by atoms with E-state index in [-0.39, 0.29) is 51.9 Å². The van der Waals surface area contributed by atoms with Gasteiger partial charge < -0.3 is 4.74 Å². The van der Waals surface area contributed by atoms with Gasteiger partial charge in [-0.25, -0.2) is 5.57 Å². The molecule has 5 heteroatoms. The van der Waals surface area contributed by atoms with Crippen LogP contribution in [-0.2, 0) is 27.1 Å². The molecule has 0 aromatic heterocycles. The maximum Gasteiger partial charge on any atom is 0.121 e. The van der Waals surface area contributed by atoms with Gasteiger partial charge in [-0.2, -0.15) is 11.1 Å². The van der Waals surface area contributed by atoms with Crippen molar-refractivity contribution in [2.24, 2.45) is 5.92 Å². The number of aryl methyl sites for hydroxylation is 1. The largest absolute Gasteiger partial charge is 0.497 e. The molecule has 0 amide bonds. The molecule has 1 aliphatic rings. The maximum absolute atomic E-state index is 5.64. The van der Waals surface area contributed by atoms with Crippen LogP contribution in [0.2, 0.25) is 13.1 Å². The molecule has 0 saturated heterocycles. The molecule has 0 bridgehead atoms. The van der Waals surface area contributed by atoms with Crippen molar-refractivity contribution in [1.29, 1.82) is 0 Å². The summed E-state index contributed by atoms with van der Waals surface area (Å²) in [4.78, 5) is 0. The smallest absolute Gasteiger partial charge is 0.121 e. The second kappa shape index (κ2) is 13.3. The van der Waals surface area contributed by atoms with E-state index in [2.05, 4.69) is 86.7 Å². The van der Waals surface area contributed by atoms with Crippen molar-refractivity contribution in [3.63, 3.8) is 0 Å². The van der Waals surface area contributed by atoms with Gasteiger partial charge >= 0.3 is 0 Å². The predicted molar refractivity (Wildman–Crippen MR) is 128 cm³/mol.